The second-order valence-electron chi connectivity index (χ2n) is 5.73. The molecule has 0 radical (unpaired) electrons. The van der Waals surface area contributed by atoms with Crippen LogP contribution in [-0.2, 0) is 4.79 Å². The number of benzene rings is 1. The number of likely N-dealkylation sites (tertiary alicyclic amines) is 1. The molecule has 1 aromatic carbocycles. The van der Waals surface area contributed by atoms with Crippen LogP contribution in [0.2, 0.25) is 0 Å². The molecule has 128 valence electrons. The molecule has 8 heteroatoms. The number of amides is 2. The van der Waals surface area contributed by atoms with Crippen LogP contribution in [0.25, 0.3) is 10.9 Å². The molecule has 0 saturated carbocycles. The Balaban J connectivity index is 1.71. The fourth-order valence-corrected chi connectivity index (χ4v) is 3.50. The molecule has 2 unspecified atom stereocenters. The van der Waals surface area contributed by atoms with E-state index in [1.807, 2.05) is 24.3 Å². The first kappa shape index (κ1) is 17.7. The van der Waals surface area contributed by atoms with Crippen molar-refractivity contribution >= 4 is 26.0 Å². The third kappa shape index (κ3) is 3.77. The summed E-state index contributed by atoms with van der Waals surface area (Å²) in [6, 6.07) is 8.37. The SMILES string of the molecule is N#CC1CC(F)CN1C(=O)CNC(=O)c1ccnc2cc([At])ccc12. The van der Waals surface area contributed by atoms with Gasteiger partial charge < -0.3 is 0 Å². The van der Waals surface area contributed by atoms with E-state index >= 15 is 0 Å². The number of nitrogens with zero attached hydrogens (tertiary/aromatic N) is 3. The zero-order valence-corrected chi connectivity index (χ0v) is 16.0. The maximum atomic E-state index is 13.4. The molecule has 0 spiro atoms. The van der Waals surface area contributed by atoms with E-state index < -0.39 is 24.0 Å². The molecular formula is C17H14AtFN4O2. The van der Waals surface area contributed by atoms with E-state index in [4.69, 9.17) is 5.26 Å². The van der Waals surface area contributed by atoms with E-state index in [0.29, 0.717) is 16.5 Å². The van der Waals surface area contributed by atoms with Crippen molar-refractivity contribution in [2.75, 3.05) is 13.1 Å². The molecular weight excluding hydrogens is 521 g/mol. The van der Waals surface area contributed by atoms with Crippen molar-refractivity contribution in [3.8, 4) is 6.07 Å². The summed E-state index contributed by atoms with van der Waals surface area (Å²) in [6.07, 6.45) is 0.370. The van der Waals surface area contributed by atoms with E-state index in [1.54, 1.807) is 12.3 Å². The summed E-state index contributed by atoms with van der Waals surface area (Å²) in [7, 11) is 0. The van der Waals surface area contributed by atoms with Gasteiger partial charge in [-0.3, -0.25) is 0 Å². The van der Waals surface area contributed by atoms with Crippen LogP contribution >= 0.6 is 0 Å². The molecule has 1 saturated heterocycles. The van der Waals surface area contributed by atoms with E-state index in [-0.39, 0.29) is 19.5 Å². The van der Waals surface area contributed by atoms with Gasteiger partial charge in [0.2, 0.25) is 0 Å². The molecule has 25 heavy (non-hydrogen) atoms. The van der Waals surface area contributed by atoms with Crippen molar-refractivity contribution < 1.29 is 38.7 Å². The van der Waals surface area contributed by atoms with E-state index in [2.05, 4.69) is 10.3 Å². The second-order valence-corrected chi connectivity index (χ2v) is 7.42. The van der Waals surface area contributed by atoms with E-state index in [9.17, 15) is 14.0 Å². The van der Waals surface area contributed by atoms with E-state index in [1.165, 1.54) is 29.6 Å². The van der Waals surface area contributed by atoms with Gasteiger partial charge in [-0.1, -0.05) is 0 Å². The molecule has 2 aromatic rings. The van der Waals surface area contributed by atoms with Crippen molar-refractivity contribution in [1.82, 2.24) is 15.2 Å². The zero-order chi connectivity index (χ0) is 18.0. The van der Waals surface area contributed by atoms with Gasteiger partial charge in [0.25, 0.3) is 0 Å². The van der Waals surface area contributed by atoms with Crippen LogP contribution in [0.4, 0.5) is 4.39 Å². The summed E-state index contributed by atoms with van der Waals surface area (Å²) in [6.45, 7) is -0.381. The van der Waals surface area contributed by atoms with Crippen molar-refractivity contribution in [3.05, 3.63) is 36.0 Å². The van der Waals surface area contributed by atoms with Crippen molar-refractivity contribution in [3.63, 3.8) is 0 Å². The number of pyridine rings is 1. The number of halogens is 1. The van der Waals surface area contributed by atoms with Gasteiger partial charge in [-0.25, -0.2) is 4.39 Å². The number of alkyl halides is 1. The number of carbonyl (C=O) groups excluding carboxylic acids is 2. The Bertz CT molecular complexity index is 883. The number of rotatable bonds is 3. The molecule has 1 aliphatic rings. The van der Waals surface area contributed by atoms with Crippen molar-refractivity contribution in [2.45, 2.75) is 18.6 Å². The Morgan fingerprint density at radius 3 is 3.00 bits per heavy atom. The molecule has 2 heterocycles. The first-order valence-corrected chi connectivity index (χ1v) is 9.12. The van der Waals surface area contributed by atoms with Crippen LogP contribution in [0.5, 0.6) is 0 Å². The Hall–Kier alpha value is -2.13. The van der Waals surface area contributed by atoms with Crippen LogP contribution in [0.3, 0.4) is 0 Å². The Morgan fingerprint density at radius 1 is 1.44 bits per heavy atom. The summed E-state index contributed by atoms with van der Waals surface area (Å²) >= 11 is 1.52. The second kappa shape index (κ2) is 7.41. The maximum absolute atomic E-state index is 13.4. The van der Waals surface area contributed by atoms with Crippen molar-refractivity contribution in [2.24, 2.45) is 0 Å². The zero-order valence-electron chi connectivity index (χ0n) is 13.1. The summed E-state index contributed by atoms with van der Waals surface area (Å²) in [5.41, 5.74) is 1.13. The molecule has 1 aromatic heterocycles. The molecule has 2 atom stereocenters. The molecule has 2 amide bonds. The number of carbonyl (C=O) groups is 2. The Morgan fingerprint density at radius 2 is 2.24 bits per heavy atom. The predicted octanol–water partition coefficient (Wildman–Crippen LogP) is 0.602. The first-order chi connectivity index (χ1) is 12.0. The molecule has 1 aliphatic heterocycles. The number of hydrogen-bond acceptors (Lipinski definition) is 4. The average Bonchev–Trinajstić information content (AvgIpc) is 2.99. The molecule has 1 fully saturated rings. The van der Waals surface area contributed by atoms with Gasteiger partial charge in [-0.2, -0.15) is 5.26 Å². The fraction of sp³-hybridized carbons (Fsp3) is 0.294. The number of fused-ring (bicyclic) bond motifs is 1. The fourth-order valence-electron chi connectivity index (χ4n) is 2.85. The quantitative estimate of drug-likeness (QED) is 0.625. The molecule has 0 aliphatic carbocycles. The summed E-state index contributed by atoms with van der Waals surface area (Å²) in [4.78, 5) is 30.1. The minimum atomic E-state index is -1.20. The standard InChI is InChI=1S/C17H14AtFN4O2/c18-10-1-2-13-14(3-4-21-15(13)5-10)17(25)22-8-16(24)23-9-11(19)6-12(23)7-20/h1-5,11-12H,6,8-9H2,(H,22,25). The molecule has 3 rings (SSSR count). The normalized spacial score (nSPS) is 19.6. The van der Waals surface area contributed by atoms with Crippen LogP contribution in [-0.4, -0.2) is 47.0 Å². The van der Waals surface area contributed by atoms with Crippen LogP contribution in [0.15, 0.2) is 30.5 Å². The predicted molar refractivity (Wildman–Crippen MR) is 84.3 cm³/mol. The summed E-state index contributed by atoms with van der Waals surface area (Å²) in [5, 5.41) is 12.3. The average molecular weight is 535 g/mol. The van der Waals surface area contributed by atoms with Crippen LogP contribution in [0, 0.1) is 36.1 Å². The van der Waals surface area contributed by atoms with Gasteiger partial charge >= 0.3 is 149 Å². The Labute approximate surface area is 158 Å². The number of aromatic nitrogens is 1. The molecule has 6 nitrogen and oxygen atoms in total. The molecule has 0 bridgehead atoms. The monoisotopic (exact) mass is 535 g/mol. The third-order valence-electron chi connectivity index (χ3n) is 4.07. The number of nitrogens with one attached hydrogen (secondary N) is 1. The minimum absolute atomic E-state index is 0.0197. The van der Waals surface area contributed by atoms with Crippen LogP contribution in [0.1, 0.15) is 16.8 Å². The van der Waals surface area contributed by atoms with Gasteiger partial charge in [0, 0.05) is 0 Å². The first-order valence-electron chi connectivity index (χ1n) is 7.65. The molecule has 1 N–H and O–H groups in total. The Kier molecular flexibility index (Phi) is 5.24. The van der Waals surface area contributed by atoms with Crippen LogP contribution < -0.4 is 8.59 Å². The van der Waals surface area contributed by atoms with Gasteiger partial charge in [0.15, 0.2) is 0 Å². The number of nitriles is 1. The summed E-state index contributed by atoms with van der Waals surface area (Å²) < 4.78 is 14.5. The van der Waals surface area contributed by atoms with E-state index in [0.717, 1.165) is 3.27 Å². The van der Waals surface area contributed by atoms with Crippen molar-refractivity contribution in [1.29, 1.82) is 5.26 Å². The summed E-state index contributed by atoms with van der Waals surface area (Å²) in [5.74, 6) is -0.865. The van der Waals surface area contributed by atoms with Gasteiger partial charge in [0.05, 0.1) is 0 Å². The van der Waals surface area contributed by atoms with Gasteiger partial charge in [0.1, 0.15) is 0 Å². The number of hydrogen-bond donors (Lipinski definition) is 1. The van der Waals surface area contributed by atoms with Gasteiger partial charge in [-0.05, 0) is 0 Å². The third-order valence-corrected chi connectivity index (χ3v) is 4.98. The topological polar surface area (TPSA) is 86.1 Å². The van der Waals surface area contributed by atoms with Gasteiger partial charge in [-0.15, -0.1) is 0 Å².